The van der Waals surface area contributed by atoms with E-state index in [2.05, 4.69) is 47.5 Å². The van der Waals surface area contributed by atoms with Crippen molar-refractivity contribution in [2.75, 3.05) is 32.7 Å². The fourth-order valence-electron chi connectivity index (χ4n) is 5.33. The van der Waals surface area contributed by atoms with Gasteiger partial charge in [0.25, 0.3) is 5.91 Å². The van der Waals surface area contributed by atoms with Gasteiger partial charge in [-0.1, -0.05) is 48.0 Å². The summed E-state index contributed by atoms with van der Waals surface area (Å²) in [4.78, 5) is 34.1. The van der Waals surface area contributed by atoms with Gasteiger partial charge in [0.05, 0.1) is 22.7 Å². The maximum atomic E-state index is 13.7. The number of hydrogen-bond donors (Lipinski definition) is 0. The summed E-state index contributed by atoms with van der Waals surface area (Å²) in [6, 6.07) is 17.7. The minimum absolute atomic E-state index is 0.0728. The van der Waals surface area contributed by atoms with Crippen LogP contribution in [0.2, 0.25) is 5.02 Å². The second-order valence-corrected chi connectivity index (χ2v) is 10.7. The molecule has 0 aliphatic carbocycles. The first-order valence-electron chi connectivity index (χ1n) is 12.2. The van der Waals surface area contributed by atoms with Crippen LogP contribution < -0.4 is 0 Å². The lowest BCUT2D eigenvalue weighted by atomic mass is 9.89. The van der Waals surface area contributed by atoms with Crippen molar-refractivity contribution in [1.82, 2.24) is 14.7 Å². The molecule has 0 saturated carbocycles. The summed E-state index contributed by atoms with van der Waals surface area (Å²) in [5.74, 6) is 0.0588. The highest BCUT2D eigenvalue weighted by Crippen LogP contribution is 2.40. The van der Waals surface area contributed by atoms with Crippen LogP contribution in [-0.4, -0.2) is 65.3 Å². The molecule has 0 unspecified atom stereocenters. The molecule has 7 heteroatoms. The Labute approximate surface area is 215 Å². The normalized spacial score (nSPS) is 19.3. The van der Waals surface area contributed by atoms with E-state index < -0.39 is 0 Å². The van der Waals surface area contributed by atoms with E-state index in [0.29, 0.717) is 36.8 Å². The zero-order chi connectivity index (χ0) is 24.5. The quantitative estimate of drug-likeness (QED) is 0.497. The lowest BCUT2D eigenvalue weighted by Gasteiger charge is -2.43. The topological polar surface area (TPSA) is 43.9 Å². The van der Waals surface area contributed by atoms with Gasteiger partial charge in [0.2, 0.25) is 5.91 Å². The van der Waals surface area contributed by atoms with Crippen LogP contribution in [0, 0.1) is 6.92 Å². The molecule has 3 heterocycles. The molecule has 0 N–H and O–H groups in total. The van der Waals surface area contributed by atoms with Crippen LogP contribution in [-0.2, 0) is 11.2 Å². The maximum absolute atomic E-state index is 13.7. The van der Waals surface area contributed by atoms with Gasteiger partial charge in [-0.05, 0) is 60.5 Å². The molecule has 2 aliphatic heterocycles. The van der Waals surface area contributed by atoms with E-state index >= 15 is 0 Å². The first-order valence-corrected chi connectivity index (χ1v) is 13.4. The molecular weight excluding hydrogens is 478 g/mol. The predicted octanol–water partition coefficient (Wildman–Crippen LogP) is 5.03. The number of thiophene rings is 1. The number of halogens is 1. The maximum Gasteiger partial charge on any atom is 0.255 e. The third kappa shape index (κ3) is 4.63. The van der Waals surface area contributed by atoms with Crippen molar-refractivity contribution in [3.63, 3.8) is 0 Å². The van der Waals surface area contributed by atoms with Crippen molar-refractivity contribution in [1.29, 1.82) is 0 Å². The number of nitrogens with zero attached hydrogens (tertiary/aromatic N) is 3. The Kier molecular flexibility index (Phi) is 6.96. The van der Waals surface area contributed by atoms with E-state index in [1.54, 1.807) is 17.0 Å². The highest BCUT2D eigenvalue weighted by Gasteiger charge is 2.38. The van der Waals surface area contributed by atoms with Gasteiger partial charge in [-0.15, -0.1) is 11.3 Å². The van der Waals surface area contributed by atoms with Crippen LogP contribution in [0.3, 0.4) is 0 Å². The highest BCUT2D eigenvalue weighted by atomic mass is 35.5. The number of rotatable bonds is 4. The molecule has 2 atom stereocenters. The Bertz CT molecular complexity index is 1230. The summed E-state index contributed by atoms with van der Waals surface area (Å²) in [6.45, 7) is 7.13. The van der Waals surface area contributed by atoms with Crippen molar-refractivity contribution in [2.45, 2.75) is 32.4 Å². The summed E-state index contributed by atoms with van der Waals surface area (Å²) in [7, 11) is 0. The number of piperazine rings is 1. The van der Waals surface area contributed by atoms with E-state index in [0.717, 1.165) is 13.0 Å². The monoisotopic (exact) mass is 507 g/mol. The SMILES string of the molecule is Cc1ccccc1[C@H]1c2ccsc2CCN1[C@@H](C)C(=O)N1CCN(C(=O)c2ccccc2Cl)CC1. The second-order valence-electron chi connectivity index (χ2n) is 9.32. The summed E-state index contributed by atoms with van der Waals surface area (Å²) in [5.41, 5.74) is 4.35. The first kappa shape index (κ1) is 24.0. The number of carbonyl (C=O) groups excluding carboxylic acids is 2. The van der Waals surface area contributed by atoms with Crippen LogP contribution in [0.15, 0.2) is 60.0 Å². The Morgan fingerprint density at radius 3 is 2.34 bits per heavy atom. The second kappa shape index (κ2) is 10.1. The van der Waals surface area contributed by atoms with Gasteiger partial charge < -0.3 is 9.80 Å². The predicted molar refractivity (Wildman–Crippen MR) is 141 cm³/mol. The Hall–Kier alpha value is -2.67. The molecule has 35 heavy (non-hydrogen) atoms. The number of benzene rings is 2. The zero-order valence-corrected chi connectivity index (χ0v) is 21.7. The molecule has 5 rings (SSSR count). The molecule has 1 saturated heterocycles. The number of carbonyl (C=O) groups is 2. The van der Waals surface area contributed by atoms with Crippen molar-refractivity contribution in [3.05, 3.63) is 92.1 Å². The average Bonchev–Trinajstić information content (AvgIpc) is 3.37. The average molecular weight is 508 g/mol. The molecular formula is C28H30ClN3O2S. The summed E-state index contributed by atoms with van der Waals surface area (Å²) in [6.07, 6.45) is 0.965. The lowest BCUT2D eigenvalue weighted by Crippen LogP contribution is -2.56. The Morgan fingerprint density at radius 2 is 1.60 bits per heavy atom. The number of amides is 2. The third-order valence-electron chi connectivity index (χ3n) is 7.32. The third-order valence-corrected chi connectivity index (χ3v) is 8.65. The van der Waals surface area contributed by atoms with E-state index in [4.69, 9.17) is 11.6 Å². The Morgan fingerprint density at radius 1 is 0.914 bits per heavy atom. The van der Waals surface area contributed by atoms with Crippen LogP contribution in [0.25, 0.3) is 0 Å². The molecule has 0 spiro atoms. The van der Waals surface area contributed by atoms with Gasteiger partial charge in [-0.2, -0.15) is 0 Å². The summed E-state index contributed by atoms with van der Waals surface area (Å²) >= 11 is 8.04. The summed E-state index contributed by atoms with van der Waals surface area (Å²) < 4.78 is 0. The first-order chi connectivity index (χ1) is 17.0. The molecule has 0 radical (unpaired) electrons. The zero-order valence-electron chi connectivity index (χ0n) is 20.1. The lowest BCUT2D eigenvalue weighted by molar-refractivity contribution is -0.138. The van der Waals surface area contributed by atoms with Crippen LogP contribution >= 0.6 is 22.9 Å². The highest BCUT2D eigenvalue weighted by molar-refractivity contribution is 7.10. The molecule has 2 aromatic carbocycles. The van der Waals surface area contributed by atoms with Crippen molar-refractivity contribution < 1.29 is 9.59 Å². The van der Waals surface area contributed by atoms with Crippen molar-refractivity contribution >= 4 is 34.8 Å². The van der Waals surface area contributed by atoms with E-state index in [9.17, 15) is 9.59 Å². The number of aryl methyl sites for hydroxylation is 1. The van der Waals surface area contributed by atoms with E-state index in [1.165, 1.54) is 21.6 Å². The fraction of sp³-hybridized carbons (Fsp3) is 0.357. The molecule has 2 aliphatic rings. The van der Waals surface area contributed by atoms with Gasteiger partial charge in [0.1, 0.15) is 0 Å². The van der Waals surface area contributed by atoms with Gasteiger partial charge in [-0.25, -0.2) is 0 Å². The number of fused-ring (bicyclic) bond motifs is 1. The number of hydrogen-bond acceptors (Lipinski definition) is 4. The molecule has 3 aromatic rings. The Balaban J connectivity index is 1.31. The summed E-state index contributed by atoms with van der Waals surface area (Å²) in [5, 5.41) is 2.63. The fourth-order valence-corrected chi connectivity index (χ4v) is 6.45. The molecule has 5 nitrogen and oxygen atoms in total. The van der Waals surface area contributed by atoms with E-state index in [1.807, 2.05) is 35.3 Å². The van der Waals surface area contributed by atoms with Gasteiger partial charge in [0.15, 0.2) is 0 Å². The van der Waals surface area contributed by atoms with Crippen molar-refractivity contribution in [2.24, 2.45) is 0 Å². The molecule has 1 aromatic heterocycles. The van der Waals surface area contributed by atoms with Gasteiger partial charge in [-0.3, -0.25) is 14.5 Å². The minimum Gasteiger partial charge on any atom is -0.338 e. The van der Waals surface area contributed by atoms with Gasteiger partial charge in [0, 0.05) is 37.6 Å². The largest absolute Gasteiger partial charge is 0.338 e. The molecule has 2 amide bonds. The molecule has 1 fully saturated rings. The van der Waals surface area contributed by atoms with Crippen LogP contribution in [0.5, 0.6) is 0 Å². The smallest absolute Gasteiger partial charge is 0.255 e. The standard InChI is InChI=1S/C28H30ClN3O2S/c1-19-7-3-4-8-21(19)26-23-12-18-35-25(23)11-13-32(26)20(2)27(33)30-14-16-31(17-15-30)28(34)22-9-5-6-10-24(22)29/h3-10,12,18,20,26H,11,13-17H2,1-2H3/t20-,26-/m0/s1. The minimum atomic E-state index is -0.251. The van der Waals surface area contributed by atoms with E-state index in [-0.39, 0.29) is 23.9 Å². The molecule has 182 valence electrons. The van der Waals surface area contributed by atoms with Crippen LogP contribution in [0.4, 0.5) is 0 Å². The van der Waals surface area contributed by atoms with Crippen LogP contribution in [0.1, 0.15) is 44.9 Å². The molecule has 0 bridgehead atoms. The van der Waals surface area contributed by atoms with Gasteiger partial charge >= 0.3 is 0 Å². The van der Waals surface area contributed by atoms with Crippen molar-refractivity contribution in [3.8, 4) is 0 Å².